The normalized spacial score (nSPS) is 24.4. The molecule has 0 N–H and O–H groups in total. The molecule has 1 aromatic rings. The Morgan fingerprint density at radius 2 is 2.00 bits per heavy atom. The number of unbranched alkanes of at least 4 members (excludes halogenated alkanes) is 1. The first-order valence-electron chi connectivity index (χ1n) is 8.13. The predicted molar refractivity (Wildman–Crippen MR) is 81.5 cm³/mol. The zero-order valence-corrected chi connectivity index (χ0v) is 12.4. The second-order valence-electron chi connectivity index (χ2n) is 6.43. The lowest BCUT2D eigenvalue weighted by Gasteiger charge is -2.22. The summed E-state index contributed by atoms with van der Waals surface area (Å²) in [7, 11) is 0. The van der Waals surface area contributed by atoms with Crippen LogP contribution >= 0.6 is 0 Å². The highest BCUT2D eigenvalue weighted by atomic mass is 16.2. The van der Waals surface area contributed by atoms with E-state index in [2.05, 4.69) is 42.2 Å². The summed E-state index contributed by atoms with van der Waals surface area (Å²) in [6, 6.07) is 10.8. The SMILES string of the molecule is CCCCN(CC1CC1c1ccccc1)C(=O)C1CC1. The minimum Gasteiger partial charge on any atom is -0.342 e. The fourth-order valence-corrected chi connectivity index (χ4v) is 3.07. The van der Waals surface area contributed by atoms with Gasteiger partial charge in [-0.15, -0.1) is 0 Å². The molecule has 2 aliphatic rings. The summed E-state index contributed by atoms with van der Waals surface area (Å²) in [5.41, 5.74) is 1.45. The van der Waals surface area contributed by atoms with Gasteiger partial charge in [0.25, 0.3) is 0 Å². The summed E-state index contributed by atoms with van der Waals surface area (Å²) < 4.78 is 0. The van der Waals surface area contributed by atoms with Crippen LogP contribution in [0, 0.1) is 11.8 Å². The van der Waals surface area contributed by atoms with Gasteiger partial charge in [-0.05, 0) is 43.1 Å². The zero-order valence-electron chi connectivity index (χ0n) is 12.4. The Morgan fingerprint density at radius 3 is 2.65 bits per heavy atom. The number of carbonyl (C=O) groups excluding carboxylic acids is 1. The van der Waals surface area contributed by atoms with E-state index in [9.17, 15) is 4.79 Å². The van der Waals surface area contributed by atoms with Gasteiger partial charge in [0.1, 0.15) is 0 Å². The average molecular weight is 271 g/mol. The number of rotatable bonds is 7. The van der Waals surface area contributed by atoms with Gasteiger partial charge in [0.05, 0.1) is 0 Å². The van der Waals surface area contributed by atoms with Gasteiger partial charge < -0.3 is 4.90 Å². The molecule has 3 rings (SSSR count). The summed E-state index contributed by atoms with van der Waals surface area (Å²) in [5, 5.41) is 0. The molecule has 0 spiro atoms. The van der Waals surface area contributed by atoms with Crippen LogP contribution in [0.2, 0.25) is 0 Å². The summed E-state index contributed by atoms with van der Waals surface area (Å²) in [5.74, 6) is 2.17. The predicted octanol–water partition coefficient (Wildman–Crippen LogP) is 3.83. The molecule has 2 heteroatoms. The molecule has 20 heavy (non-hydrogen) atoms. The average Bonchev–Trinajstić information content (AvgIpc) is 3.38. The van der Waals surface area contributed by atoms with Crippen molar-refractivity contribution < 1.29 is 4.79 Å². The standard InChI is InChI=1S/C18H25NO/c1-2-3-11-19(18(20)15-9-10-15)13-16-12-17(16)14-7-5-4-6-8-14/h4-8,15-17H,2-3,9-13H2,1H3. The highest BCUT2D eigenvalue weighted by Crippen LogP contribution is 2.48. The first kappa shape index (κ1) is 13.7. The summed E-state index contributed by atoms with van der Waals surface area (Å²) in [4.78, 5) is 14.5. The molecule has 108 valence electrons. The maximum atomic E-state index is 12.3. The minimum atomic E-state index is 0.362. The number of carbonyl (C=O) groups is 1. The maximum Gasteiger partial charge on any atom is 0.225 e. The third-order valence-corrected chi connectivity index (χ3v) is 4.63. The van der Waals surface area contributed by atoms with E-state index < -0.39 is 0 Å². The van der Waals surface area contributed by atoms with Gasteiger partial charge in [0.15, 0.2) is 0 Å². The van der Waals surface area contributed by atoms with E-state index in [1.807, 2.05) is 0 Å². The molecule has 2 atom stereocenters. The molecule has 2 nitrogen and oxygen atoms in total. The number of hydrogen-bond donors (Lipinski definition) is 0. The fraction of sp³-hybridized carbons (Fsp3) is 0.611. The number of hydrogen-bond acceptors (Lipinski definition) is 1. The Hall–Kier alpha value is -1.31. The van der Waals surface area contributed by atoms with Crippen molar-refractivity contribution >= 4 is 5.91 Å². The van der Waals surface area contributed by atoms with Crippen LogP contribution in [0.1, 0.15) is 50.5 Å². The zero-order chi connectivity index (χ0) is 13.9. The van der Waals surface area contributed by atoms with E-state index in [0.29, 0.717) is 23.7 Å². The quantitative estimate of drug-likeness (QED) is 0.738. The Kier molecular flexibility index (Phi) is 4.09. The van der Waals surface area contributed by atoms with Gasteiger partial charge in [0.2, 0.25) is 5.91 Å². The molecular formula is C18H25NO. The lowest BCUT2D eigenvalue weighted by atomic mass is 10.1. The Balaban J connectivity index is 1.56. The van der Waals surface area contributed by atoms with Gasteiger partial charge in [-0.25, -0.2) is 0 Å². The van der Waals surface area contributed by atoms with Crippen LogP contribution in [0.4, 0.5) is 0 Å². The van der Waals surface area contributed by atoms with Crippen molar-refractivity contribution in [2.45, 2.75) is 44.9 Å². The van der Waals surface area contributed by atoms with Gasteiger partial charge >= 0.3 is 0 Å². The van der Waals surface area contributed by atoms with Gasteiger partial charge in [0, 0.05) is 19.0 Å². The van der Waals surface area contributed by atoms with Gasteiger partial charge in [-0.2, -0.15) is 0 Å². The van der Waals surface area contributed by atoms with Gasteiger partial charge in [-0.1, -0.05) is 43.7 Å². The van der Waals surface area contributed by atoms with E-state index >= 15 is 0 Å². The molecule has 0 aromatic heterocycles. The highest BCUT2D eigenvalue weighted by Gasteiger charge is 2.41. The first-order valence-corrected chi connectivity index (χ1v) is 8.13. The third-order valence-electron chi connectivity index (χ3n) is 4.63. The molecule has 0 saturated heterocycles. The molecular weight excluding hydrogens is 246 g/mol. The van der Waals surface area contributed by atoms with Crippen LogP contribution in [-0.2, 0) is 4.79 Å². The molecule has 1 aromatic carbocycles. The molecule has 0 heterocycles. The first-order chi connectivity index (χ1) is 9.79. The van der Waals surface area contributed by atoms with E-state index in [1.165, 1.54) is 18.4 Å². The second-order valence-corrected chi connectivity index (χ2v) is 6.43. The van der Waals surface area contributed by atoms with Crippen LogP contribution in [0.5, 0.6) is 0 Å². The number of amides is 1. The smallest absolute Gasteiger partial charge is 0.225 e. The molecule has 1 amide bonds. The van der Waals surface area contributed by atoms with Crippen molar-refractivity contribution in [3.8, 4) is 0 Å². The summed E-state index contributed by atoms with van der Waals surface area (Å²) >= 11 is 0. The van der Waals surface area contributed by atoms with Crippen molar-refractivity contribution in [1.82, 2.24) is 4.90 Å². The Bertz CT molecular complexity index is 452. The lowest BCUT2D eigenvalue weighted by molar-refractivity contribution is -0.132. The molecule has 2 aliphatic carbocycles. The number of benzene rings is 1. The monoisotopic (exact) mass is 271 g/mol. The van der Waals surface area contributed by atoms with E-state index in [-0.39, 0.29) is 0 Å². The van der Waals surface area contributed by atoms with Crippen LogP contribution in [0.15, 0.2) is 30.3 Å². The minimum absolute atomic E-state index is 0.362. The molecule has 2 saturated carbocycles. The highest BCUT2D eigenvalue weighted by molar-refractivity contribution is 5.81. The molecule has 0 bridgehead atoms. The van der Waals surface area contributed by atoms with E-state index in [0.717, 1.165) is 32.4 Å². The number of nitrogens with zero attached hydrogens (tertiary/aromatic N) is 1. The van der Waals surface area contributed by atoms with Crippen LogP contribution in [0.25, 0.3) is 0 Å². The molecule has 0 radical (unpaired) electrons. The topological polar surface area (TPSA) is 20.3 Å². The van der Waals surface area contributed by atoms with Crippen molar-refractivity contribution in [2.75, 3.05) is 13.1 Å². The van der Waals surface area contributed by atoms with Gasteiger partial charge in [-0.3, -0.25) is 4.79 Å². The molecule has 0 aliphatic heterocycles. The van der Waals surface area contributed by atoms with Crippen LogP contribution < -0.4 is 0 Å². The van der Waals surface area contributed by atoms with Crippen molar-refractivity contribution in [3.63, 3.8) is 0 Å². The Morgan fingerprint density at radius 1 is 1.25 bits per heavy atom. The Labute approximate surface area is 122 Å². The van der Waals surface area contributed by atoms with E-state index in [4.69, 9.17) is 0 Å². The van der Waals surface area contributed by atoms with E-state index in [1.54, 1.807) is 0 Å². The summed E-state index contributed by atoms with van der Waals surface area (Å²) in [6.07, 6.45) is 5.80. The lowest BCUT2D eigenvalue weighted by Crippen LogP contribution is -2.35. The molecule has 2 unspecified atom stereocenters. The van der Waals surface area contributed by atoms with Crippen molar-refractivity contribution in [2.24, 2.45) is 11.8 Å². The summed E-state index contributed by atoms with van der Waals surface area (Å²) in [6.45, 7) is 4.14. The second kappa shape index (κ2) is 5.99. The van der Waals surface area contributed by atoms with Crippen LogP contribution in [0.3, 0.4) is 0 Å². The fourth-order valence-electron chi connectivity index (χ4n) is 3.07. The largest absolute Gasteiger partial charge is 0.342 e. The van der Waals surface area contributed by atoms with Crippen molar-refractivity contribution in [1.29, 1.82) is 0 Å². The van der Waals surface area contributed by atoms with Crippen LogP contribution in [-0.4, -0.2) is 23.9 Å². The maximum absolute atomic E-state index is 12.3. The third kappa shape index (κ3) is 3.23. The molecule has 2 fully saturated rings. The van der Waals surface area contributed by atoms with Crippen molar-refractivity contribution in [3.05, 3.63) is 35.9 Å².